The molecule has 0 bridgehead atoms. The maximum Gasteiger partial charge on any atom is 0.191 e. The first-order valence-electron chi connectivity index (χ1n) is 7.66. The summed E-state index contributed by atoms with van der Waals surface area (Å²) in [5, 5.41) is 6.79. The van der Waals surface area contributed by atoms with Crippen LogP contribution in [0.3, 0.4) is 0 Å². The minimum Gasteiger partial charge on any atom is -0.356 e. The molecule has 4 nitrogen and oxygen atoms in total. The molecule has 1 aliphatic heterocycles. The van der Waals surface area contributed by atoms with Gasteiger partial charge >= 0.3 is 0 Å². The quantitative estimate of drug-likeness (QED) is 0.833. The van der Waals surface area contributed by atoms with Crippen LogP contribution in [-0.4, -0.2) is 43.6 Å². The Kier molecular flexibility index (Phi) is 5.87. The Morgan fingerprint density at radius 1 is 1.25 bits per heavy atom. The maximum atomic E-state index is 4.48. The van der Waals surface area contributed by atoms with Gasteiger partial charge in [0.1, 0.15) is 0 Å². The summed E-state index contributed by atoms with van der Waals surface area (Å²) < 4.78 is 0. The van der Waals surface area contributed by atoms with Crippen LogP contribution in [0.25, 0.3) is 0 Å². The first kappa shape index (κ1) is 14.9. The van der Waals surface area contributed by atoms with E-state index >= 15 is 0 Å². The van der Waals surface area contributed by atoms with Crippen LogP contribution in [0.15, 0.2) is 35.3 Å². The highest BCUT2D eigenvalue weighted by Gasteiger charge is 2.18. The van der Waals surface area contributed by atoms with E-state index in [-0.39, 0.29) is 0 Å². The third-order valence-corrected chi connectivity index (χ3v) is 3.80. The highest BCUT2D eigenvalue weighted by atomic mass is 15.2. The predicted molar refractivity (Wildman–Crippen MR) is 85.0 cm³/mol. The molecule has 1 heterocycles. The number of benzene rings is 1. The van der Waals surface area contributed by atoms with Crippen LogP contribution in [0.5, 0.6) is 0 Å². The Balaban J connectivity index is 2.04. The van der Waals surface area contributed by atoms with E-state index in [9.17, 15) is 0 Å². The lowest BCUT2D eigenvalue weighted by atomic mass is 10.1. The molecule has 0 spiro atoms. The Morgan fingerprint density at radius 3 is 2.60 bits per heavy atom. The number of nitrogens with zero attached hydrogens (tertiary/aromatic N) is 2. The van der Waals surface area contributed by atoms with Crippen LogP contribution in [0, 0.1) is 0 Å². The van der Waals surface area contributed by atoms with Gasteiger partial charge in [-0.05, 0) is 25.1 Å². The van der Waals surface area contributed by atoms with Crippen molar-refractivity contribution in [1.82, 2.24) is 15.5 Å². The molecule has 1 aromatic rings. The molecule has 2 N–H and O–H groups in total. The van der Waals surface area contributed by atoms with Crippen molar-refractivity contribution in [1.29, 1.82) is 0 Å². The molecule has 0 aromatic heterocycles. The normalized spacial score (nSPS) is 16.4. The van der Waals surface area contributed by atoms with Gasteiger partial charge in [-0.3, -0.25) is 9.89 Å². The van der Waals surface area contributed by atoms with Crippen molar-refractivity contribution >= 4 is 5.96 Å². The summed E-state index contributed by atoms with van der Waals surface area (Å²) in [6.07, 6.45) is 1.13. The minimum atomic E-state index is 0.387. The van der Waals surface area contributed by atoms with E-state index in [2.05, 4.69) is 64.7 Å². The fraction of sp³-hybridized carbons (Fsp3) is 0.562. The fourth-order valence-electron chi connectivity index (χ4n) is 2.64. The molecular weight excluding hydrogens is 248 g/mol. The van der Waals surface area contributed by atoms with Crippen molar-refractivity contribution in [3.05, 3.63) is 35.9 Å². The van der Waals surface area contributed by atoms with Crippen molar-refractivity contribution in [2.45, 2.75) is 26.3 Å². The second-order valence-corrected chi connectivity index (χ2v) is 5.04. The Hall–Kier alpha value is -1.55. The Labute approximate surface area is 122 Å². The lowest BCUT2D eigenvalue weighted by Crippen LogP contribution is -2.45. The second kappa shape index (κ2) is 7.90. The molecule has 110 valence electrons. The summed E-state index contributed by atoms with van der Waals surface area (Å²) in [5.41, 5.74) is 1.36. The first-order chi connectivity index (χ1) is 9.85. The number of hydrogen-bond acceptors (Lipinski definition) is 4. The van der Waals surface area contributed by atoms with Crippen LogP contribution >= 0.6 is 0 Å². The van der Waals surface area contributed by atoms with Crippen LogP contribution in [0.1, 0.15) is 31.9 Å². The zero-order chi connectivity index (χ0) is 14.2. The summed E-state index contributed by atoms with van der Waals surface area (Å²) >= 11 is 0. The largest absolute Gasteiger partial charge is 0.356 e. The van der Waals surface area contributed by atoms with Crippen LogP contribution < -0.4 is 10.6 Å². The SMILES string of the molecule is CCN(CC)C(CNC1=NCCCN1)c1ccccc1. The molecule has 1 aliphatic rings. The molecule has 2 rings (SSSR count). The highest BCUT2D eigenvalue weighted by molar-refractivity contribution is 5.80. The van der Waals surface area contributed by atoms with Gasteiger partial charge in [-0.1, -0.05) is 44.2 Å². The summed E-state index contributed by atoms with van der Waals surface area (Å²) in [6, 6.07) is 11.1. The van der Waals surface area contributed by atoms with Crippen molar-refractivity contribution < 1.29 is 0 Å². The number of likely N-dealkylation sites (N-methyl/N-ethyl adjacent to an activating group) is 1. The first-order valence-corrected chi connectivity index (χ1v) is 7.66. The van der Waals surface area contributed by atoms with E-state index in [0.717, 1.165) is 45.1 Å². The molecule has 0 amide bonds. The van der Waals surface area contributed by atoms with Gasteiger partial charge in [0.05, 0.1) is 6.04 Å². The number of hydrogen-bond donors (Lipinski definition) is 2. The molecule has 0 aliphatic carbocycles. The molecular formula is C16H26N4. The van der Waals surface area contributed by atoms with E-state index in [1.165, 1.54) is 5.56 Å². The Bertz CT molecular complexity index is 412. The zero-order valence-corrected chi connectivity index (χ0v) is 12.6. The average Bonchev–Trinajstić information content (AvgIpc) is 2.53. The Morgan fingerprint density at radius 2 is 2.00 bits per heavy atom. The van der Waals surface area contributed by atoms with Gasteiger partial charge in [0.2, 0.25) is 0 Å². The lowest BCUT2D eigenvalue weighted by molar-refractivity contribution is 0.219. The monoisotopic (exact) mass is 274 g/mol. The molecule has 0 saturated heterocycles. The van der Waals surface area contributed by atoms with Gasteiger partial charge in [-0.2, -0.15) is 0 Å². The molecule has 0 radical (unpaired) electrons. The van der Waals surface area contributed by atoms with E-state index in [4.69, 9.17) is 0 Å². The molecule has 1 unspecified atom stereocenters. The van der Waals surface area contributed by atoms with Crippen molar-refractivity contribution in [2.75, 3.05) is 32.7 Å². The summed E-state index contributed by atoms with van der Waals surface area (Å²) in [4.78, 5) is 6.96. The van der Waals surface area contributed by atoms with Crippen LogP contribution in [0.2, 0.25) is 0 Å². The molecule has 20 heavy (non-hydrogen) atoms. The third-order valence-electron chi connectivity index (χ3n) is 3.80. The smallest absolute Gasteiger partial charge is 0.191 e. The topological polar surface area (TPSA) is 39.7 Å². The number of aliphatic imine (C=N–C) groups is 1. The van der Waals surface area contributed by atoms with Crippen LogP contribution in [0.4, 0.5) is 0 Å². The summed E-state index contributed by atoms with van der Waals surface area (Å²) in [5.74, 6) is 0.948. The third kappa shape index (κ3) is 3.97. The minimum absolute atomic E-state index is 0.387. The van der Waals surface area contributed by atoms with E-state index in [1.807, 2.05) is 0 Å². The number of nitrogens with one attached hydrogen (secondary N) is 2. The fourth-order valence-corrected chi connectivity index (χ4v) is 2.64. The molecule has 0 fully saturated rings. The van der Waals surface area contributed by atoms with E-state index in [1.54, 1.807) is 0 Å². The van der Waals surface area contributed by atoms with Gasteiger partial charge in [0.25, 0.3) is 0 Å². The van der Waals surface area contributed by atoms with Gasteiger partial charge in [0.15, 0.2) is 5.96 Å². The van der Waals surface area contributed by atoms with E-state index in [0.29, 0.717) is 6.04 Å². The van der Waals surface area contributed by atoms with Gasteiger partial charge in [0, 0.05) is 19.6 Å². The second-order valence-electron chi connectivity index (χ2n) is 5.04. The molecule has 1 atom stereocenters. The van der Waals surface area contributed by atoms with Crippen molar-refractivity contribution in [3.63, 3.8) is 0 Å². The lowest BCUT2D eigenvalue weighted by Gasteiger charge is -2.31. The van der Waals surface area contributed by atoms with Gasteiger partial charge in [-0.15, -0.1) is 0 Å². The van der Waals surface area contributed by atoms with Crippen LogP contribution in [-0.2, 0) is 0 Å². The molecule has 4 heteroatoms. The zero-order valence-electron chi connectivity index (χ0n) is 12.6. The maximum absolute atomic E-state index is 4.48. The van der Waals surface area contributed by atoms with E-state index < -0.39 is 0 Å². The van der Waals surface area contributed by atoms with Gasteiger partial charge < -0.3 is 10.6 Å². The standard InChI is InChI=1S/C16H26N4/c1-3-20(4-2)15(14-9-6-5-7-10-14)13-19-16-17-11-8-12-18-16/h5-7,9-10,15H,3-4,8,11-13H2,1-2H3,(H2,17,18,19). The summed E-state index contributed by atoms with van der Waals surface area (Å²) in [6.45, 7) is 9.38. The molecule has 1 aromatic carbocycles. The molecule has 0 saturated carbocycles. The predicted octanol–water partition coefficient (Wildman–Crippen LogP) is 2.01. The average molecular weight is 274 g/mol. The van der Waals surface area contributed by atoms with Crippen molar-refractivity contribution in [2.24, 2.45) is 4.99 Å². The highest BCUT2D eigenvalue weighted by Crippen LogP contribution is 2.19. The number of guanidine groups is 1. The van der Waals surface area contributed by atoms with Crippen molar-refractivity contribution in [3.8, 4) is 0 Å². The summed E-state index contributed by atoms with van der Waals surface area (Å²) in [7, 11) is 0. The van der Waals surface area contributed by atoms with Gasteiger partial charge in [-0.25, -0.2) is 0 Å². The number of rotatable bonds is 6.